The number of methoxy groups -OCH3 is 2. The summed E-state index contributed by atoms with van der Waals surface area (Å²) in [7, 11) is -0.400. The number of anilines is 1. The lowest BCUT2D eigenvalue weighted by atomic mass is 9.97. The van der Waals surface area contributed by atoms with Crippen LogP contribution < -0.4 is 14.4 Å². The smallest absolute Gasteiger partial charge is 0.243 e. The van der Waals surface area contributed by atoms with Crippen LogP contribution in [0, 0.1) is 0 Å². The van der Waals surface area contributed by atoms with E-state index < -0.39 is 10.0 Å². The average molecular weight is 445 g/mol. The Bertz CT molecular complexity index is 1100. The lowest BCUT2D eigenvalue weighted by Gasteiger charge is -2.29. The molecule has 4 rings (SSSR count). The fourth-order valence-electron chi connectivity index (χ4n) is 4.57. The Balaban J connectivity index is 1.59. The lowest BCUT2D eigenvalue weighted by Crippen LogP contribution is -2.34. The maximum Gasteiger partial charge on any atom is 0.243 e. The molecular formula is C23H28N2O5S. The van der Waals surface area contributed by atoms with Crippen LogP contribution in [0.1, 0.15) is 36.8 Å². The van der Waals surface area contributed by atoms with Crippen LogP contribution in [0.4, 0.5) is 5.69 Å². The van der Waals surface area contributed by atoms with E-state index in [1.807, 2.05) is 18.2 Å². The summed E-state index contributed by atoms with van der Waals surface area (Å²) >= 11 is 0. The van der Waals surface area contributed by atoms with Crippen molar-refractivity contribution in [3.8, 4) is 11.5 Å². The third-order valence-corrected chi connectivity index (χ3v) is 8.08. The Morgan fingerprint density at radius 3 is 2.58 bits per heavy atom. The van der Waals surface area contributed by atoms with Crippen molar-refractivity contribution in [2.24, 2.45) is 0 Å². The van der Waals surface area contributed by atoms with Gasteiger partial charge in [-0.2, -0.15) is 4.31 Å². The number of carbonyl (C=O) groups excluding carboxylic acids is 1. The van der Waals surface area contributed by atoms with E-state index in [1.165, 1.54) is 6.92 Å². The topological polar surface area (TPSA) is 76.2 Å². The lowest BCUT2D eigenvalue weighted by molar-refractivity contribution is -0.116. The molecule has 2 aromatic rings. The second-order valence-electron chi connectivity index (χ2n) is 8.02. The van der Waals surface area contributed by atoms with Gasteiger partial charge in [0, 0.05) is 43.7 Å². The van der Waals surface area contributed by atoms with E-state index in [0.29, 0.717) is 26.1 Å². The highest BCUT2D eigenvalue weighted by Crippen LogP contribution is 2.38. The van der Waals surface area contributed by atoms with E-state index in [-0.39, 0.29) is 16.7 Å². The third kappa shape index (κ3) is 4.02. The molecule has 0 aliphatic carbocycles. The summed E-state index contributed by atoms with van der Waals surface area (Å²) in [5, 5.41) is 0. The van der Waals surface area contributed by atoms with Gasteiger partial charge in [0.15, 0.2) is 0 Å². The first-order chi connectivity index (χ1) is 14.8. The van der Waals surface area contributed by atoms with Gasteiger partial charge in [0.05, 0.1) is 19.1 Å². The summed E-state index contributed by atoms with van der Waals surface area (Å²) in [4.78, 5) is 13.9. The van der Waals surface area contributed by atoms with E-state index in [9.17, 15) is 13.2 Å². The van der Waals surface area contributed by atoms with Crippen LogP contribution >= 0.6 is 0 Å². The molecule has 1 amide bonds. The van der Waals surface area contributed by atoms with Crippen LogP contribution in [0.15, 0.2) is 41.3 Å². The molecule has 0 spiro atoms. The number of hydrogen-bond donors (Lipinski definition) is 0. The minimum atomic E-state index is -3.63. The predicted molar refractivity (Wildman–Crippen MR) is 118 cm³/mol. The second kappa shape index (κ2) is 8.51. The number of benzene rings is 2. The molecule has 0 N–H and O–H groups in total. The fraction of sp³-hybridized carbons (Fsp3) is 0.435. The van der Waals surface area contributed by atoms with Crippen molar-refractivity contribution in [1.82, 2.24) is 4.31 Å². The van der Waals surface area contributed by atoms with E-state index in [4.69, 9.17) is 9.47 Å². The number of rotatable bonds is 5. The summed E-state index contributed by atoms with van der Waals surface area (Å²) < 4.78 is 39.1. The molecule has 0 bridgehead atoms. The standard InChI is InChI=1S/C23H28N2O5S/c1-16(26)25-11-4-5-17-13-20(7-8-22(17)25)31(27,28)24-12-10-18(15-24)21-14-19(29-2)6-9-23(21)30-3/h6-9,13-14,18H,4-5,10-12,15H2,1-3H3/t18-/m0/s1. The Kier molecular flexibility index (Phi) is 5.94. The van der Waals surface area contributed by atoms with Crippen LogP contribution in [0.25, 0.3) is 0 Å². The summed E-state index contributed by atoms with van der Waals surface area (Å²) in [5.41, 5.74) is 2.69. The summed E-state index contributed by atoms with van der Waals surface area (Å²) in [6.07, 6.45) is 2.31. The van der Waals surface area contributed by atoms with Crippen molar-refractivity contribution in [3.05, 3.63) is 47.5 Å². The molecular weight excluding hydrogens is 416 g/mol. The molecule has 2 heterocycles. The van der Waals surface area contributed by atoms with Crippen molar-refractivity contribution < 1.29 is 22.7 Å². The largest absolute Gasteiger partial charge is 0.497 e. The van der Waals surface area contributed by atoms with E-state index in [1.54, 1.807) is 41.6 Å². The first-order valence-corrected chi connectivity index (χ1v) is 11.9. The summed E-state index contributed by atoms with van der Waals surface area (Å²) in [5.74, 6) is 1.47. The Hall–Kier alpha value is -2.58. The molecule has 1 atom stereocenters. The normalized spacial score (nSPS) is 19.2. The van der Waals surface area contributed by atoms with Crippen molar-refractivity contribution >= 4 is 21.6 Å². The number of carbonyl (C=O) groups is 1. The summed E-state index contributed by atoms with van der Waals surface area (Å²) in [6.45, 7) is 3.05. The monoisotopic (exact) mass is 444 g/mol. The van der Waals surface area contributed by atoms with Gasteiger partial charge in [-0.3, -0.25) is 4.79 Å². The molecule has 31 heavy (non-hydrogen) atoms. The van der Waals surface area contributed by atoms with Gasteiger partial charge in [-0.1, -0.05) is 0 Å². The predicted octanol–water partition coefficient (Wildman–Crippen LogP) is 3.18. The maximum atomic E-state index is 13.4. The molecule has 7 nitrogen and oxygen atoms in total. The molecule has 0 aromatic heterocycles. The molecule has 2 aliphatic heterocycles. The van der Waals surface area contributed by atoms with Crippen molar-refractivity contribution in [1.29, 1.82) is 0 Å². The highest BCUT2D eigenvalue weighted by Gasteiger charge is 2.35. The zero-order chi connectivity index (χ0) is 22.2. The van der Waals surface area contributed by atoms with Gasteiger partial charge in [-0.05, 0) is 61.2 Å². The van der Waals surface area contributed by atoms with Gasteiger partial charge >= 0.3 is 0 Å². The van der Waals surface area contributed by atoms with Gasteiger partial charge in [0.2, 0.25) is 15.9 Å². The van der Waals surface area contributed by atoms with E-state index in [2.05, 4.69) is 0 Å². The highest BCUT2D eigenvalue weighted by molar-refractivity contribution is 7.89. The van der Waals surface area contributed by atoms with E-state index >= 15 is 0 Å². The third-order valence-electron chi connectivity index (χ3n) is 6.22. The fourth-order valence-corrected chi connectivity index (χ4v) is 6.12. The van der Waals surface area contributed by atoms with Crippen LogP contribution in [0.2, 0.25) is 0 Å². The second-order valence-corrected chi connectivity index (χ2v) is 9.96. The van der Waals surface area contributed by atoms with Gasteiger partial charge in [-0.25, -0.2) is 8.42 Å². The molecule has 0 unspecified atom stereocenters. The van der Waals surface area contributed by atoms with Gasteiger partial charge < -0.3 is 14.4 Å². The summed E-state index contributed by atoms with van der Waals surface area (Å²) in [6, 6.07) is 10.7. The zero-order valence-electron chi connectivity index (χ0n) is 18.1. The quantitative estimate of drug-likeness (QED) is 0.708. The molecule has 1 fully saturated rings. The van der Waals surface area contributed by atoms with Crippen LogP contribution in [0.3, 0.4) is 0 Å². The maximum absolute atomic E-state index is 13.4. The zero-order valence-corrected chi connectivity index (χ0v) is 18.9. The number of sulfonamides is 1. The average Bonchev–Trinajstić information content (AvgIpc) is 3.28. The van der Waals surface area contributed by atoms with Gasteiger partial charge in [0.25, 0.3) is 0 Å². The van der Waals surface area contributed by atoms with Crippen molar-refractivity contribution in [2.45, 2.75) is 37.0 Å². The number of aryl methyl sites for hydroxylation is 1. The number of amides is 1. The van der Waals surface area contributed by atoms with E-state index in [0.717, 1.165) is 41.2 Å². The molecule has 1 saturated heterocycles. The minimum Gasteiger partial charge on any atom is -0.497 e. The van der Waals surface area contributed by atoms with Crippen molar-refractivity contribution in [2.75, 3.05) is 38.8 Å². The molecule has 0 radical (unpaired) electrons. The number of nitrogens with zero attached hydrogens (tertiary/aromatic N) is 2. The Labute approximate surface area is 183 Å². The number of ether oxygens (including phenoxy) is 2. The first-order valence-electron chi connectivity index (χ1n) is 10.5. The molecule has 166 valence electrons. The Morgan fingerprint density at radius 2 is 1.87 bits per heavy atom. The highest BCUT2D eigenvalue weighted by atomic mass is 32.2. The molecule has 2 aliphatic rings. The van der Waals surface area contributed by atoms with Crippen LogP contribution in [-0.4, -0.2) is 52.5 Å². The first kappa shape index (κ1) is 21.6. The van der Waals surface area contributed by atoms with Crippen molar-refractivity contribution in [3.63, 3.8) is 0 Å². The molecule has 8 heteroatoms. The van der Waals surface area contributed by atoms with Gasteiger partial charge in [-0.15, -0.1) is 0 Å². The van der Waals surface area contributed by atoms with Crippen LogP contribution in [-0.2, 0) is 21.2 Å². The van der Waals surface area contributed by atoms with Crippen LogP contribution in [0.5, 0.6) is 11.5 Å². The molecule has 2 aromatic carbocycles. The minimum absolute atomic E-state index is 0.0221. The Morgan fingerprint density at radius 1 is 1.06 bits per heavy atom. The molecule has 0 saturated carbocycles. The number of hydrogen-bond acceptors (Lipinski definition) is 5. The number of fused-ring (bicyclic) bond motifs is 1. The SMILES string of the molecule is COc1ccc(OC)c([C@H]2CCN(S(=O)(=O)c3ccc4c(c3)CCCN4C(C)=O)C2)c1. The van der Waals surface area contributed by atoms with Gasteiger partial charge in [0.1, 0.15) is 11.5 Å².